The Balaban J connectivity index is 2.21. The molecule has 18 heavy (non-hydrogen) atoms. The summed E-state index contributed by atoms with van der Waals surface area (Å²) in [5, 5.41) is 13.8. The Morgan fingerprint density at radius 1 is 1.11 bits per heavy atom. The number of para-hydroxylation sites is 1. The van der Waals surface area contributed by atoms with Gasteiger partial charge in [-0.25, -0.2) is 0 Å². The van der Waals surface area contributed by atoms with Gasteiger partial charge < -0.3 is 5.32 Å². The van der Waals surface area contributed by atoms with E-state index in [9.17, 15) is 10.1 Å². The number of nitro benzene ring substituents is 1. The van der Waals surface area contributed by atoms with Gasteiger partial charge in [0.15, 0.2) is 0 Å². The number of hydrogen-bond donors (Lipinski definition) is 1. The molecule has 0 unspecified atom stereocenters. The minimum Gasteiger partial charge on any atom is -0.355 e. The normalized spacial score (nSPS) is 10.1. The highest BCUT2D eigenvalue weighted by atomic mass is 32.2. The number of nitro groups is 1. The molecule has 0 aliphatic carbocycles. The first-order valence-electron chi connectivity index (χ1n) is 5.35. The highest BCUT2D eigenvalue weighted by molar-refractivity contribution is 7.98. The molecule has 0 amide bonds. The molecule has 0 aromatic heterocycles. The molecular weight excluding hydrogens is 248 g/mol. The van der Waals surface area contributed by atoms with Crippen molar-refractivity contribution in [2.75, 3.05) is 11.6 Å². The highest BCUT2D eigenvalue weighted by Crippen LogP contribution is 2.28. The molecule has 0 saturated heterocycles. The third-order valence-electron chi connectivity index (χ3n) is 2.46. The summed E-state index contributed by atoms with van der Waals surface area (Å²) in [6, 6.07) is 14.3. The average Bonchev–Trinajstić information content (AvgIpc) is 2.40. The fraction of sp³-hybridized carbons (Fsp3) is 0.0769. The average molecular weight is 260 g/mol. The van der Waals surface area contributed by atoms with Gasteiger partial charge >= 0.3 is 0 Å². The fourth-order valence-corrected chi connectivity index (χ4v) is 2.12. The molecule has 0 aliphatic rings. The number of nitrogens with zero attached hydrogens (tertiary/aromatic N) is 1. The zero-order valence-corrected chi connectivity index (χ0v) is 10.6. The SMILES string of the molecule is CSc1ccccc1Nc1ccc([N+](=O)[O-])cc1. The number of thioether (sulfide) groups is 1. The Morgan fingerprint density at radius 3 is 2.39 bits per heavy atom. The van der Waals surface area contributed by atoms with E-state index in [-0.39, 0.29) is 5.69 Å². The van der Waals surface area contributed by atoms with Gasteiger partial charge in [-0.05, 0) is 30.5 Å². The monoisotopic (exact) mass is 260 g/mol. The maximum absolute atomic E-state index is 10.6. The second-order valence-corrected chi connectivity index (χ2v) is 4.48. The molecule has 1 N–H and O–H groups in total. The van der Waals surface area contributed by atoms with E-state index in [0.29, 0.717) is 0 Å². The van der Waals surface area contributed by atoms with Gasteiger partial charge in [-0.3, -0.25) is 10.1 Å². The quantitative estimate of drug-likeness (QED) is 0.511. The summed E-state index contributed by atoms with van der Waals surface area (Å²) in [6.45, 7) is 0. The van der Waals surface area contributed by atoms with Crippen molar-refractivity contribution in [3.05, 3.63) is 58.6 Å². The first kappa shape index (κ1) is 12.4. The van der Waals surface area contributed by atoms with E-state index < -0.39 is 4.92 Å². The smallest absolute Gasteiger partial charge is 0.269 e. The molecule has 2 aromatic carbocycles. The lowest BCUT2D eigenvalue weighted by molar-refractivity contribution is -0.384. The van der Waals surface area contributed by atoms with Crippen molar-refractivity contribution in [1.29, 1.82) is 0 Å². The Labute approximate surface area is 109 Å². The Bertz CT molecular complexity index is 555. The molecule has 0 radical (unpaired) electrons. The topological polar surface area (TPSA) is 55.2 Å². The standard InChI is InChI=1S/C13H12N2O2S/c1-18-13-5-3-2-4-12(13)14-10-6-8-11(9-7-10)15(16)17/h2-9,14H,1H3. The third-order valence-corrected chi connectivity index (χ3v) is 3.26. The van der Waals surface area contributed by atoms with Gasteiger partial charge in [0.2, 0.25) is 0 Å². The molecule has 0 heterocycles. The van der Waals surface area contributed by atoms with Crippen molar-refractivity contribution in [2.24, 2.45) is 0 Å². The van der Waals surface area contributed by atoms with Gasteiger partial charge in [0.05, 0.1) is 10.6 Å². The summed E-state index contributed by atoms with van der Waals surface area (Å²) in [4.78, 5) is 11.3. The maximum Gasteiger partial charge on any atom is 0.269 e. The number of non-ortho nitro benzene ring substituents is 1. The molecule has 0 fully saturated rings. The predicted molar refractivity (Wildman–Crippen MR) is 74.6 cm³/mol. The lowest BCUT2D eigenvalue weighted by Crippen LogP contribution is -1.93. The molecule has 2 rings (SSSR count). The van der Waals surface area contributed by atoms with Crippen LogP contribution in [0, 0.1) is 10.1 Å². The summed E-state index contributed by atoms with van der Waals surface area (Å²) in [5.41, 5.74) is 1.93. The number of rotatable bonds is 4. The van der Waals surface area contributed by atoms with Crippen LogP contribution in [0.5, 0.6) is 0 Å². The van der Waals surface area contributed by atoms with E-state index in [2.05, 4.69) is 5.32 Å². The van der Waals surface area contributed by atoms with E-state index in [1.807, 2.05) is 30.5 Å². The predicted octanol–water partition coefficient (Wildman–Crippen LogP) is 4.06. The van der Waals surface area contributed by atoms with Crippen molar-refractivity contribution in [1.82, 2.24) is 0 Å². The lowest BCUT2D eigenvalue weighted by Gasteiger charge is -2.09. The van der Waals surface area contributed by atoms with Crippen molar-refractivity contribution in [3.63, 3.8) is 0 Å². The van der Waals surface area contributed by atoms with Gasteiger partial charge in [-0.2, -0.15) is 0 Å². The summed E-state index contributed by atoms with van der Waals surface area (Å²) < 4.78 is 0. The number of hydrogen-bond acceptors (Lipinski definition) is 4. The summed E-state index contributed by atoms with van der Waals surface area (Å²) in [6.07, 6.45) is 2.01. The van der Waals surface area contributed by atoms with E-state index in [4.69, 9.17) is 0 Å². The molecule has 0 atom stereocenters. The van der Waals surface area contributed by atoms with E-state index in [0.717, 1.165) is 16.3 Å². The van der Waals surface area contributed by atoms with Gasteiger partial charge in [0.1, 0.15) is 0 Å². The van der Waals surface area contributed by atoms with Crippen LogP contribution in [0.3, 0.4) is 0 Å². The molecule has 0 saturated carbocycles. The van der Waals surface area contributed by atoms with Crippen LogP contribution in [0.4, 0.5) is 17.1 Å². The first-order chi connectivity index (χ1) is 8.70. The van der Waals surface area contributed by atoms with E-state index >= 15 is 0 Å². The molecule has 0 aliphatic heterocycles. The number of benzene rings is 2. The molecule has 92 valence electrons. The minimum atomic E-state index is -0.403. The summed E-state index contributed by atoms with van der Waals surface area (Å²) in [5.74, 6) is 0. The second kappa shape index (κ2) is 5.55. The van der Waals surface area contributed by atoms with Crippen molar-refractivity contribution >= 4 is 28.8 Å². The van der Waals surface area contributed by atoms with Crippen LogP contribution in [-0.2, 0) is 0 Å². The largest absolute Gasteiger partial charge is 0.355 e. The Hall–Kier alpha value is -2.01. The molecule has 4 nitrogen and oxygen atoms in total. The van der Waals surface area contributed by atoms with Gasteiger partial charge in [-0.1, -0.05) is 12.1 Å². The van der Waals surface area contributed by atoms with Gasteiger partial charge in [-0.15, -0.1) is 11.8 Å². The fourth-order valence-electron chi connectivity index (χ4n) is 1.57. The zero-order valence-electron chi connectivity index (χ0n) is 9.79. The van der Waals surface area contributed by atoms with Crippen LogP contribution >= 0.6 is 11.8 Å². The lowest BCUT2D eigenvalue weighted by atomic mass is 10.2. The Kier molecular flexibility index (Phi) is 3.84. The minimum absolute atomic E-state index is 0.0960. The zero-order chi connectivity index (χ0) is 13.0. The van der Waals surface area contributed by atoms with Crippen LogP contribution in [-0.4, -0.2) is 11.2 Å². The Morgan fingerprint density at radius 2 is 1.78 bits per heavy atom. The van der Waals surface area contributed by atoms with Crippen LogP contribution in [0.15, 0.2) is 53.4 Å². The highest BCUT2D eigenvalue weighted by Gasteiger charge is 2.05. The van der Waals surface area contributed by atoms with Crippen LogP contribution < -0.4 is 5.32 Å². The summed E-state index contributed by atoms with van der Waals surface area (Å²) in [7, 11) is 0. The first-order valence-corrected chi connectivity index (χ1v) is 6.57. The van der Waals surface area contributed by atoms with Gasteiger partial charge in [0, 0.05) is 22.7 Å². The van der Waals surface area contributed by atoms with Gasteiger partial charge in [0.25, 0.3) is 5.69 Å². The number of anilines is 2. The molecule has 0 bridgehead atoms. The van der Waals surface area contributed by atoms with Crippen molar-refractivity contribution in [3.8, 4) is 0 Å². The van der Waals surface area contributed by atoms with E-state index in [1.54, 1.807) is 23.9 Å². The van der Waals surface area contributed by atoms with Crippen LogP contribution in [0.25, 0.3) is 0 Å². The van der Waals surface area contributed by atoms with Crippen molar-refractivity contribution in [2.45, 2.75) is 4.90 Å². The van der Waals surface area contributed by atoms with Crippen LogP contribution in [0.1, 0.15) is 0 Å². The maximum atomic E-state index is 10.6. The molecular formula is C13H12N2O2S. The summed E-state index contributed by atoms with van der Waals surface area (Å²) >= 11 is 1.65. The van der Waals surface area contributed by atoms with Crippen molar-refractivity contribution < 1.29 is 4.92 Å². The van der Waals surface area contributed by atoms with E-state index in [1.165, 1.54) is 12.1 Å². The second-order valence-electron chi connectivity index (χ2n) is 3.63. The third kappa shape index (κ3) is 2.81. The molecule has 2 aromatic rings. The molecule has 0 spiro atoms. The molecule has 5 heteroatoms. The number of nitrogens with one attached hydrogen (secondary N) is 1. The van der Waals surface area contributed by atoms with Crippen LogP contribution in [0.2, 0.25) is 0 Å².